The minimum absolute atomic E-state index is 0.318. The molecule has 0 spiro atoms. The van der Waals surface area contributed by atoms with E-state index in [-0.39, 0.29) is 0 Å². The van der Waals surface area contributed by atoms with Crippen LogP contribution in [-0.4, -0.2) is 7.05 Å². The zero-order valence-corrected chi connectivity index (χ0v) is 11.6. The average molecular weight is 301 g/mol. The van der Waals surface area contributed by atoms with Gasteiger partial charge in [-0.25, -0.2) is 0 Å². The van der Waals surface area contributed by atoms with E-state index >= 15 is 0 Å². The Morgan fingerprint density at radius 3 is 2.88 bits per heavy atom. The summed E-state index contributed by atoms with van der Waals surface area (Å²) in [5, 5.41) is 4.03. The second-order valence-electron chi connectivity index (χ2n) is 3.61. The summed E-state index contributed by atoms with van der Waals surface area (Å²) in [5.74, 6) is 2.66. The summed E-state index contributed by atoms with van der Waals surface area (Å²) in [7, 11) is 1.95. The molecule has 0 bridgehead atoms. The van der Waals surface area contributed by atoms with Gasteiger partial charge in [0.2, 0.25) is 0 Å². The molecule has 3 heteroatoms. The summed E-state index contributed by atoms with van der Waals surface area (Å²) in [6, 6.07) is 6.36. The van der Waals surface area contributed by atoms with Gasteiger partial charge in [0, 0.05) is 16.9 Å². The highest BCUT2D eigenvalue weighted by atomic mass is 79.9. The van der Waals surface area contributed by atoms with Crippen molar-refractivity contribution >= 4 is 27.5 Å². The van der Waals surface area contributed by atoms with E-state index in [9.17, 15) is 0 Å². The normalized spacial score (nSPS) is 12.1. The van der Waals surface area contributed by atoms with E-state index in [2.05, 4.69) is 33.2 Å². The first-order valence-corrected chi connectivity index (χ1v) is 6.41. The minimum atomic E-state index is 0.318. The summed E-state index contributed by atoms with van der Waals surface area (Å²) >= 11 is 9.45. The molecule has 0 aliphatic heterocycles. The number of unbranched alkanes of at least 4 members (excludes halogenated alkanes) is 1. The minimum Gasteiger partial charge on any atom is -0.313 e. The lowest BCUT2D eigenvalue weighted by Crippen LogP contribution is -2.16. The fourth-order valence-corrected chi connectivity index (χ4v) is 2.05. The molecule has 0 heterocycles. The molecule has 1 atom stereocenters. The molecule has 0 saturated heterocycles. The van der Waals surface area contributed by atoms with Gasteiger partial charge in [-0.2, -0.15) is 0 Å². The molecule has 0 radical (unpaired) electrons. The lowest BCUT2D eigenvalue weighted by molar-refractivity contribution is 0.532. The van der Waals surface area contributed by atoms with Crippen LogP contribution in [0.4, 0.5) is 0 Å². The van der Waals surface area contributed by atoms with Gasteiger partial charge in [0.05, 0.1) is 5.02 Å². The predicted molar refractivity (Wildman–Crippen MR) is 73.6 cm³/mol. The largest absolute Gasteiger partial charge is 0.313 e. The van der Waals surface area contributed by atoms with E-state index in [0.29, 0.717) is 6.04 Å². The first-order valence-electron chi connectivity index (χ1n) is 5.24. The second-order valence-corrected chi connectivity index (χ2v) is 4.87. The molecule has 0 aliphatic rings. The maximum absolute atomic E-state index is 6.07. The molecule has 0 saturated carbocycles. The molecule has 0 amide bonds. The fraction of sp³-hybridized carbons (Fsp3) is 0.385. The van der Waals surface area contributed by atoms with E-state index in [1.54, 1.807) is 0 Å². The number of halogens is 2. The number of hydrogen-bond acceptors (Lipinski definition) is 1. The van der Waals surface area contributed by atoms with Gasteiger partial charge in [0.1, 0.15) is 0 Å². The second kappa shape index (κ2) is 6.96. The number of nitrogens with one attached hydrogen (secondary N) is 1. The number of terminal acetylenes is 1. The third-order valence-electron chi connectivity index (χ3n) is 2.51. The summed E-state index contributed by atoms with van der Waals surface area (Å²) in [5.41, 5.74) is 1.20. The Labute approximate surface area is 111 Å². The van der Waals surface area contributed by atoms with Crippen molar-refractivity contribution in [3.05, 3.63) is 33.3 Å². The van der Waals surface area contributed by atoms with E-state index in [4.69, 9.17) is 18.0 Å². The van der Waals surface area contributed by atoms with Gasteiger partial charge in [-0.05, 0) is 53.5 Å². The van der Waals surface area contributed by atoms with Crippen LogP contribution in [0.5, 0.6) is 0 Å². The Hall–Kier alpha value is -0.490. The van der Waals surface area contributed by atoms with E-state index in [1.807, 2.05) is 19.2 Å². The molecular weight excluding hydrogens is 286 g/mol. The number of benzene rings is 1. The Balaban J connectivity index is 2.71. The van der Waals surface area contributed by atoms with E-state index < -0.39 is 0 Å². The van der Waals surface area contributed by atoms with Crippen LogP contribution in [0.25, 0.3) is 0 Å². The number of rotatable bonds is 5. The molecule has 1 aromatic rings. The summed E-state index contributed by atoms with van der Waals surface area (Å²) in [6.45, 7) is 0. The molecule has 16 heavy (non-hydrogen) atoms. The van der Waals surface area contributed by atoms with Crippen molar-refractivity contribution in [2.75, 3.05) is 7.05 Å². The van der Waals surface area contributed by atoms with Crippen molar-refractivity contribution in [3.8, 4) is 12.3 Å². The SMILES string of the molecule is C#CCCCC(NC)c1ccc(Br)c(Cl)c1. The van der Waals surface area contributed by atoms with E-state index in [1.165, 1.54) is 5.56 Å². The molecule has 0 fully saturated rings. The number of hydrogen-bond donors (Lipinski definition) is 1. The summed E-state index contributed by atoms with van der Waals surface area (Å²) in [4.78, 5) is 0. The highest BCUT2D eigenvalue weighted by Gasteiger charge is 2.09. The van der Waals surface area contributed by atoms with Gasteiger partial charge in [-0.3, -0.25) is 0 Å². The first-order chi connectivity index (χ1) is 7.69. The standard InChI is InChI=1S/C13H15BrClN/c1-3-4-5-6-13(16-2)10-7-8-11(14)12(15)9-10/h1,7-9,13,16H,4-6H2,2H3. The highest BCUT2D eigenvalue weighted by Crippen LogP contribution is 2.27. The molecule has 1 N–H and O–H groups in total. The lowest BCUT2D eigenvalue weighted by atomic mass is 10.0. The highest BCUT2D eigenvalue weighted by molar-refractivity contribution is 9.10. The van der Waals surface area contributed by atoms with Gasteiger partial charge in [-0.1, -0.05) is 17.7 Å². The van der Waals surface area contributed by atoms with Crippen LogP contribution in [0.3, 0.4) is 0 Å². The van der Waals surface area contributed by atoms with Gasteiger partial charge >= 0.3 is 0 Å². The van der Waals surface area contributed by atoms with Crippen LogP contribution in [0, 0.1) is 12.3 Å². The van der Waals surface area contributed by atoms with Crippen molar-refractivity contribution in [2.45, 2.75) is 25.3 Å². The lowest BCUT2D eigenvalue weighted by Gasteiger charge is -2.16. The van der Waals surface area contributed by atoms with Crippen molar-refractivity contribution in [1.82, 2.24) is 5.32 Å². The van der Waals surface area contributed by atoms with Crippen molar-refractivity contribution < 1.29 is 0 Å². The molecule has 1 rings (SSSR count). The van der Waals surface area contributed by atoms with Crippen LogP contribution in [-0.2, 0) is 0 Å². The molecular formula is C13H15BrClN. The molecule has 0 aliphatic carbocycles. The Bertz CT molecular complexity index is 384. The third-order valence-corrected chi connectivity index (χ3v) is 3.74. The molecule has 86 valence electrons. The van der Waals surface area contributed by atoms with E-state index in [0.717, 1.165) is 28.8 Å². The van der Waals surface area contributed by atoms with Gasteiger partial charge in [0.25, 0.3) is 0 Å². The monoisotopic (exact) mass is 299 g/mol. The smallest absolute Gasteiger partial charge is 0.0551 e. The predicted octanol–water partition coefficient (Wildman–Crippen LogP) is 4.17. The Morgan fingerprint density at radius 2 is 2.31 bits per heavy atom. The van der Waals surface area contributed by atoms with Crippen LogP contribution < -0.4 is 5.32 Å². The Kier molecular flexibility index (Phi) is 5.90. The zero-order chi connectivity index (χ0) is 12.0. The molecule has 1 aromatic carbocycles. The maximum atomic E-state index is 6.07. The zero-order valence-electron chi connectivity index (χ0n) is 9.26. The first kappa shape index (κ1) is 13.6. The third kappa shape index (κ3) is 3.83. The van der Waals surface area contributed by atoms with Crippen molar-refractivity contribution in [1.29, 1.82) is 0 Å². The molecule has 1 unspecified atom stereocenters. The summed E-state index contributed by atoms with van der Waals surface area (Å²) in [6.07, 6.45) is 8.11. The quantitative estimate of drug-likeness (QED) is 0.636. The molecule has 0 aromatic heterocycles. The Morgan fingerprint density at radius 1 is 1.56 bits per heavy atom. The van der Waals surface area contributed by atoms with Gasteiger partial charge < -0.3 is 5.32 Å². The van der Waals surface area contributed by atoms with Crippen LogP contribution >= 0.6 is 27.5 Å². The van der Waals surface area contributed by atoms with Crippen LogP contribution in [0.2, 0.25) is 5.02 Å². The topological polar surface area (TPSA) is 12.0 Å². The van der Waals surface area contributed by atoms with Crippen LogP contribution in [0.1, 0.15) is 30.9 Å². The van der Waals surface area contributed by atoms with Crippen molar-refractivity contribution in [2.24, 2.45) is 0 Å². The van der Waals surface area contributed by atoms with Gasteiger partial charge in [-0.15, -0.1) is 12.3 Å². The van der Waals surface area contributed by atoms with Gasteiger partial charge in [0.15, 0.2) is 0 Å². The maximum Gasteiger partial charge on any atom is 0.0551 e. The van der Waals surface area contributed by atoms with Crippen molar-refractivity contribution in [3.63, 3.8) is 0 Å². The fourth-order valence-electron chi connectivity index (χ4n) is 1.62. The average Bonchev–Trinajstić information content (AvgIpc) is 2.29. The molecule has 1 nitrogen and oxygen atoms in total. The summed E-state index contributed by atoms with van der Waals surface area (Å²) < 4.78 is 0.927. The van der Waals surface area contributed by atoms with Crippen LogP contribution in [0.15, 0.2) is 22.7 Å².